The number of hydrogen-bond acceptors (Lipinski definition) is 7. The van der Waals surface area contributed by atoms with E-state index in [1.807, 2.05) is 48.5 Å². The number of fused-ring (bicyclic) bond motifs is 1. The zero-order chi connectivity index (χ0) is 24.8. The van der Waals surface area contributed by atoms with Crippen molar-refractivity contribution in [3.05, 3.63) is 91.5 Å². The summed E-state index contributed by atoms with van der Waals surface area (Å²) in [4.78, 5) is 31.3. The van der Waals surface area contributed by atoms with Gasteiger partial charge in [0.15, 0.2) is 11.2 Å². The van der Waals surface area contributed by atoms with Crippen molar-refractivity contribution in [2.75, 3.05) is 12.0 Å². The first kappa shape index (κ1) is 24.2. The summed E-state index contributed by atoms with van der Waals surface area (Å²) in [5, 5.41) is 14.8. The number of ether oxygens (including phenoxy) is 1. The third-order valence-electron chi connectivity index (χ3n) is 5.07. The van der Waals surface area contributed by atoms with Gasteiger partial charge >= 0.3 is 5.69 Å². The van der Waals surface area contributed by atoms with Crippen LogP contribution in [0.5, 0.6) is 5.75 Å². The van der Waals surface area contributed by atoms with Gasteiger partial charge in [0, 0.05) is 17.7 Å². The highest BCUT2D eigenvalue weighted by molar-refractivity contribution is 9.10. The van der Waals surface area contributed by atoms with E-state index in [0.717, 1.165) is 10.0 Å². The second-order valence-electron chi connectivity index (χ2n) is 7.62. The summed E-state index contributed by atoms with van der Waals surface area (Å²) in [5.74, 6) is 0.787. The molecule has 10 nitrogen and oxygen atoms in total. The Morgan fingerprint density at radius 1 is 1.20 bits per heavy atom. The van der Waals surface area contributed by atoms with Crippen molar-refractivity contribution in [1.82, 2.24) is 19.1 Å². The van der Waals surface area contributed by atoms with Crippen LogP contribution < -0.4 is 21.4 Å². The summed E-state index contributed by atoms with van der Waals surface area (Å²) in [5.41, 5.74) is 2.90. The predicted octanol–water partition coefficient (Wildman–Crippen LogP) is 2.74. The molecule has 4 aromatic rings. The van der Waals surface area contributed by atoms with E-state index in [2.05, 4.69) is 36.4 Å². The van der Waals surface area contributed by atoms with Gasteiger partial charge in [0.2, 0.25) is 5.95 Å². The molecule has 0 aliphatic heterocycles. The highest BCUT2D eigenvalue weighted by atomic mass is 79.9. The minimum atomic E-state index is -0.977. The third kappa shape index (κ3) is 5.94. The highest BCUT2D eigenvalue weighted by Crippen LogP contribution is 2.18. The molecule has 180 valence electrons. The van der Waals surface area contributed by atoms with E-state index < -0.39 is 17.4 Å². The molecule has 2 aromatic heterocycles. The number of nitrogens with zero attached hydrogens (tertiary/aromatic N) is 4. The smallest absolute Gasteiger partial charge is 0.329 e. The number of aromatic amines is 1. The second-order valence-corrected chi connectivity index (χ2v) is 8.53. The summed E-state index contributed by atoms with van der Waals surface area (Å²) < 4.78 is 9.26. The van der Waals surface area contributed by atoms with Crippen LogP contribution in [0.1, 0.15) is 5.56 Å². The lowest BCUT2D eigenvalue weighted by Gasteiger charge is -2.15. The predicted molar refractivity (Wildman–Crippen MR) is 139 cm³/mol. The number of allylic oxidation sites excluding steroid dienone is 1. The van der Waals surface area contributed by atoms with Crippen molar-refractivity contribution < 1.29 is 9.84 Å². The first-order valence-electron chi connectivity index (χ1n) is 10.7. The van der Waals surface area contributed by atoms with Crippen LogP contribution in [-0.4, -0.2) is 43.1 Å². The lowest BCUT2D eigenvalue weighted by molar-refractivity contribution is 0.0938. The largest absolute Gasteiger partial charge is 0.491 e. The van der Waals surface area contributed by atoms with Gasteiger partial charge in [-0.15, -0.1) is 0 Å². The molecule has 2 aromatic carbocycles. The number of aliphatic hydroxyl groups excluding tert-OH is 1. The molecule has 0 amide bonds. The molecule has 0 unspecified atom stereocenters. The van der Waals surface area contributed by atoms with Crippen molar-refractivity contribution in [1.29, 1.82) is 0 Å². The molecule has 4 rings (SSSR count). The van der Waals surface area contributed by atoms with Gasteiger partial charge < -0.3 is 14.4 Å². The molecule has 0 aliphatic rings. The Balaban J connectivity index is 1.55. The molecule has 1 atom stereocenters. The van der Waals surface area contributed by atoms with Crippen molar-refractivity contribution in [3.63, 3.8) is 0 Å². The van der Waals surface area contributed by atoms with E-state index in [9.17, 15) is 14.7 Å². The maximum atomic E-state index is 12.6. The Morgan fingerprint density at radius 3 is 2.69 bits per heavy atom. The van der Waals surface area contributed by atoms with E-state index in [1.165, 1.54) is 22.4 Å². The number of halogens is 1. The Bertz CT molecular complexity index is 1470. The number of benzene rings is 2. The molecule has 0 saturated heterocycles. The standard InChI is InChI=1S/C24H23BrN6O4/c1-30-21-20(22(33)28-24(30)34)31(14-18(32)15-35-19-11-9-17(25)10-12-19)23(27-21)29-26-13-5-8-16-6-3-2-4-7-16/h2-13,18,32H,14-15H2,1H3,(H,27,29)(H,28,33,34)/b8-5+,26-13?/t18-/m1/s1. The number of aryl methyl sites for hydroxylation is 1. The summed E-state index contributed by atoms with van der Waals surface area (Å²) in [6.45, 7) is -0.0421. The van der Waals surface area contributed by atoms with Gasteiger partial charge in [0.25, 0.3) is 5.56 Å². The molecular weight excluding hydrogens is 516 g/mol. The summed E-state index contributed by atoms with van der Waals surface area (Å²) >= 11 is 3.36. The fraction of sp³-hybridized carbons (Fsp3) is 0.167. The number of aliphatic hydroxyl groups is 1. The van der Waals surface area contributed by atoms with Crippen LogP contribution in [0.4, 0.5) is 5.95 Å². The van der Waals surface area contributed by atoms with E-state index >= 15 is 0 Å². The Hall–Kier alpha value is -3.96. The average Bonchev–Trinajstić information content (AvgIpc) is 3.21. The van der Waals surface area contributed by atoms with Gasteiger partial charge in [-0.25, -0.2) is 10.2 Å². The van der Waals surface area contributed by atoms with Crippen LogP contribution >= 0.6 is 15.9 Å². The monoisotopic (exact) mass is 538 g/mol. The molecule has 2 heterocycles. The number of hydrogen-bond donors (Lipinski definition) is 3. The van der Waals surface area contributed by atoms with Gasteiger partial charge in [-0.3, -0.25) is 14.3 Å². The Labute approximate surface area is 208 Å². The fourth-order valence-electron chi connectivity index (χ4n) is 3.34. The van der Waals surface area contributed by atoms with Crippen molar-refractivity contribution >= 4 is 45.3 Å². The molecule has 3 N–H and O–H groups in total. The van der Waals surface area contributed by atoms with Crippen LogP contribution in [0.2, 0.25) is 0 Å². The van der Waals surface area contributed by atoms with Gasteiger partial charge in [0.1, 0.15) is 18.5 Å². The minimum absolute atomic E-state index is 0.0203. The molecule has 35 heavy (non-hydrogen) atoms. The summed E-state index contributed by atoms with van der Waals surface area (Å²) in [6.07, 6.45) is 4.19. The quantitative estimate of drug-likeness (QED) is 0.222. The molecular formula is C24H23BrN6O4. The molecule has 0 radical (unpaired) electrons. The zero-order valence-electron chi connectivity index (χ0n) is 18.8. The van der Waals surface area contributed by atoms with Gasteiger partial charge in [-0.2, -0.15) is 10.1 Å². The van der Waals surface area contributed by atoms with Crippen molar-refractivity contribution in [3.8, 4) is 5.75 Å². The highest BCUT2D eigenvalue weighted by Gasteiger charge is 2.19. The Kier molecular flexibility index (Phi) is 7.58. The first-order chi connectivity index (χ1) is 16.9. The van der Waals surface area contributed by atoms with Crippen LogP contribution in [0.25, 0.3) is 17.2 Å². The molecule has 11 heteroatoms. The molecule has 0 bridgehead atoms. The summed E-state index contributed by atoms with van der Waals surface area (Å²) in [7, 11) is 1.50. The number of nitrogens with one attached hydrogen (secondary N) is 2. The molecule has 0 saturated carbocycles. The molecule has 0 fully saturated rings. The number of imidazole rings is 1. The molecule has 0 spiro atoms. The number of H-pyrrole nitrogens is 1. The van der Waals surface area contributed by atoms with Crippen molar-refractivity contribution in [2.24, 2.45) is 12.1 Å². The fourth-order valence-corrected chi connectivity index (χ4v) is 3.61. The van der Waals surface area contributed by atoms with Crippen LogP contribution in [-0.2, 0) is 13.6 Å². The topological polar surface area (TPSA) is 127 Å². The normalized spacial score (nSPS) is 12.5. The minimum Gasteiger partial charge on any atom is -0.491 e. The van der Waals surface area contributed by atoms with Crippen molar-refractivity contribution in [2.45, 2.75) is 12.6 Å². The number of rotatable bonds is 9. The lowest BCUT2D eigenvalue weighted by Crippen LogP contribution is -2.30. The van der Waals surface area contributed by atoms with Gasteiger partial charge in [0.05, 0.1) is 6.54 Å². The van der Waals surface area contributed by atoms with E-state index in [1.54, 1.807) is 18.2 Å². The number of anilines is 1. The molecule has 0 aliphatic carbocycles. The lowest BCUT2D eigenvalue weighted by atomic mass is 10.2. The van der Waals surface area contributed by atoms with Crippen LogP contribution in [0.3, 0.4) is 0 Å². The third-order valence-corrected chi connectivity index (χ3v) is 5.60. The van der Waals surface area contributed by atoms with Crippen LogP contribution in [0, 0.1) is 0 Å². The van der Waals surface area contributed by atoms with Gasteiger partial charge in [-0.1, -0.05) is 52.3 Å². The maximum absolute atomic E-state index is 12.6. The average molecular weight is 539 g/mol. The second kappa shape index (κ2) is 11.0. The van der Waals surface area contributed by atoms with E-state index in [4.69, 9.17) is 4.74 Å². The van der Waals surface area contributed by atoms with Gasteiger partial charge in [-0.05, 0) is 35.9 Å². The zero-order valence-corrected chi connectivity index (χ0v) is 20.3. The van der Waals surface area contributed by atoms with E-state index in [0.29, 0.717) is 5.75 Å². The summed E-state index contributed by atoms with van der Waals surface area (Å²) in [6, 6.07) is 16.9. The Morgan fingerprint density at radius 2 is 1.94 bits per heavy atom. The van der Waals surface area contributed by atoms with Crippen LogP contribution in [0.15, 0.2) is 79.8 Å². The first-order valence-corrected chi connectivity index (χ1v) is 11.5. The SMILES string of the molecule is Cn1c(=O)[nH]c(=O)c2c1nc(NN=C/C=C/c1ccccc1)n2C[C@@H](O)COc1ccc(Br)cc1. The maximum Gasteiger partial charge on any atom is 0.329 e. The number of hydrazone groups is 1. The number of aromatic nitrogens is 4. The van der Waals surface area contributed by atoms with E-state index in [-0.39, 0.29) is 30.3 Å².